The maximum atomic E-state index is 14.0. The van der Waals surface area contributed by atoms with Gasteiger partial charge in [0.2, 0.25) is 0 Å². The van der Waals surface area contributed by atoms with Gasteiger partial charge in [-0.05, 0) is 34.4 Å². The van der Waals surface area contributed by atoms with Crippen molar-refractivity contribution in [1.29, 1.82) is 0 Å². The summed E-state index contributed by atoms with van der Waals surface area (Å²) in [4.78, 5) is 0. The van der Waals surface area contributed by atoms with Gasteiger partial charge in [-0.15, -0.1) is 0 Å². The van der Waals surface area contributed by atoms with E-state index in [-0.39, 0.29) is 11.2 Å². The molecule has 1 atom stereocenters. The first-order valence-corrected chi connectivity index (χ1v) is 6.03. The first-order valence-electron chi connectivity index (χ1n) is 6.03. The van der Waals surface area contributed by atoms with E-state index in [9.17, 15) is 4.39 Å². The van der Waals surface area contributed by atoms with Crippen LogP contribution in [0, 0.1) is 11.7 Å². The largest absolute Gasteiger partial charge is 0.207 e. The number of hydrogen-bond acceptors (Lipinski definition) is 0. The van der Waals surface area contributed by atoms with Gasteiger partial charge in [0.05, 0.1) is 0 Å². The second-order valence-corrected chi connectivity index (χ2v) is 6.02. The fraction of sp³-hybridized carbons (Fsp3) is 0.600. The lowest BCUT2D eigenvalue weighted by Crippen LogP contribution is -2.14. The van der Waals surface area contributed by atoms with Crippen molar-refractivity contribution < 1.29 is 4.39 Å². The first kappa shape index (κ1) is 13.2. The molecule has 0 spiro atoms. The number of benzene rings is 1. The molecule has 0 radical (unpaired) electrons. The second-order valence-electron chi connectivity index (χ2n) is 6.02. The van der Waals surface area contributed by atoms with E-state index >= 15 is 0 Å². The summed E-state index contributed by atoms with van der Waals surface area (Å²) in [5, 5.41) is 0. The van der Waals surface area contributed by atoms with Gasteiger partial charge in [0.25, 0.3) is 0 Å². The molecule has 0 fully saturated rings. The standard InChI is InChI=1S/C15H23F/c1-10(2)11(3)12-7-8-13(14(16)9-12)15(4,5)6/h7-11H,1-6H3. The Morgan fingerprint density at radius 1 is 1.06 bits per heavy atom. The first-order chi connectivity index (χ1) is 7.23. The predicted octanol–water partition coefficient (Wildman–Crippen LogP) is 4.88. The predicted molar refractivity (Wildman–Crippen MR) is 68.4 cm³/mol. The van der Waals surface area contributed by atoms with E-state index in [0.29, 0.717) is 11.8 Å². The van der Waals surface area contributed by atoms with Gasteiger partial charge in [-0.2, -0.15) is 0 Å². The highest BCUT2D eigenvalue weighted by Gasteiger charge is 2.19. The summed E-state index contributed by atoms with van der Waals surface area (Å²) in [5.41, 5.74) is 1.77. The molecule has 0 N–H and O–H groups in total. The molecule has 0 amide bonds. The highest BCUT2D eigenvalue weighted by Crippen LogP contribution is 2.29. The van der Waals surface area contributed by atoms with E-state index in [4.69, 9.17) is 0 Å². The normalized spacial score (nSPS) is 14.2. The molecule has 1 unspecified atom stereocenters. The Kier molecular flexibility index (Phi) is 3.77. The van der Waals surface area contributed by atoms with Gasteiger partial charge in [0.1, 0.15) is 5.82 Å². The molecule has 0 heterocycles. The lowest BCUT2D eigenvalue weighted by atomic mass is 9.83. The summed E-state index contributed by atoms with van der Waals surface area (Å²) in [6, 6.07) is 5.70. The molecular weight excluding hydrogens is 199 g/mol. The van der Waals surface area contributed by atoms with Crippen molar-refractivity contribution in [2.75, 3.05) is 0 Å². The molecule has 1 aromatic rings. The molecule has 1 aromatic carbocycles. The monoisotopic (exact) mass is 222 g/mol. The summed E-state index contributed by atoms with van der Waals surface area (Å²) < 4.78 is 14.0. The number of halogens is 1. The Morgan fingerprint density at radius 2 is 1.62 bits per heavy atom. The van der Waals surface area contributed by atoms with Gasteiger partial charge in [-0.25, -0.2) is 4.39 Å². The summed E-state index contributed by atoms with van der Waals surface area (Å²) in [7, 11) is 0. The highest BCUT2D eigenvalue weighted by molar-refractivity contribution is 5.31. The van der Waals surface area contributed by atoms with Gasteiger partial charge >= 0.3 is 0 Å². The Hall–Kier alpha value is -0.850. The van der Waals surface area contributed by atoms with Crippen LogP contribution in [0.4, 0.5) is 4.39 Å². The van der Waals surface area contributed by atoms with Crippen molar-refractivity contribution >= 4 is 0 Å². The van der Waals surface area contributed by atoms with Crippen LogP contribution in [-0.2, 0) is 5.41 Å². The third-order valence-electron chi connectivity index (χ3n) is 3.33. The minimum absolute atomic E-state index is 0.0718. The fourth-order valence-corrected chi connectivity index (χ4v) is 1.81. The van der Waals surface area contributed by atoms with Crippen LogP contribution < -0.4 is 0 Å². The van der Waals surface area contributed by atoms with Crippen molar-refractivity contribution in [3.8, 4) is 0 Å². The van der Waals surface area contributed by atoms with Gasteiger partial charge in [0.15, 0.2) is 0 Å². The molecule has 0 aromatic heterocycles. The smallest absolute Gasteiger partial charge is 0.127 e. The van der Waals surface area contributed by atoms with Gasteiger partial charge < -0.3 is 0 Å². The molecule has 1 rings (SSSR count). The molecule has 0 saturated heterocycles. The van der Waals surface area contributed by atoms with Crippen LogP contribution in [0.1, 0.15) is 58.6 Å². The molecule has 0 saturated carbocycles. The zero-order chi connectivity index (χ0) is 12.5. The summed E-state index contributed by atoms with van der Waals surface area (Å²) in [6.45, 7) is 12.6. The van der Waals surface area contributed by atoms with E-state index in [2.05, 4.69) is 26.8 Å². The Bertz CT molecular complexity index is 358. The van der Waals surface area contributed by atoms with E-state index in [1.165, 1.54) is 0 Å². The van der Waals surface area contributed by atoms with Gasteiger partial charge in [-0.1, -0.05) is 53.7 Å². The quantitative estimate of drug-likeness (QED) is 0.668. The van der Waals surface area contributed by atoms with Crippen LogP contribution in [-0.4, -0.2) is 0 Å². The van der Waals surface area contributed by atoms with Gasteiger partial charge in [0, 0.05) is 0 Å². The van der Waals surface area contributed by atoms with Gasteiger partial charge in [-0.3, -0.25) is 0 Å². The van der Waals surface area contributed by atoms with Crippen molar-refractivity contribution in [3.05, 3.63) is 35.1 Å². The molecular formula is C15H23F. The van der Waals surface area contributed by atoms with Crippen molar-refractivity contribution in [2.24, 2.45) is 5.92 Å². The van der Waals surface area contributed by atoms with Crippen LogP contribution in [0.25, 0.3) is 0 Å². The zero-order valence-corrected chi connectivity index (χ0v) is 11.3. The topological polar surface area (TPSA) is 0 Å². The average molecular weight is 222 g/mol. The zero-order valence-electron chi connectivity index (χ0n) is 11.3. The van der Waals surface area contributed by atoms with E-state index < -0.39 is 0 Å². The molecule has 0 nitrogen and oxygen atoms in total. The van der Waals surface area contributed by atoms with Crippen LogP contribution in [0.15, 0.2) is 18.2 Å². The lowest BCUT2D eigenvalue weighted by Gasteiger charge is -2.22. The summed E-state index contributed by atoms with van der Waals surface area (Å²) >= 11 is 0. The summed E-state index contributed by atoms with van der Waals surface area (Å²) in [6.07, 6.45) is 0. The number of hydrogen-bond donors (Lipinski definition) is 0. The molecule has 16 heavy (non-hydrogen) atoms. The average Bonchev–Trinajstić information content (AvgIpc) is 2.14. The van der Waals surface area contributed by atoms with Crippen molar-refractivity contribution in [1.82, 2.24) is 0 Å². The molecule has 0 bridgehead atoms. The summed E-state index contributed by atoms with van der Waals surface area (Å²) in [5.74, 6) is 0.876. The van der Waals surface area contributed by atoms with Crippen molar-refractivity contribution in [2.45, 2.75) is 52.9 Å². The van der Waals surface area contributed by atoms with Crippen LogP contribution in [0.3, 0.4) is 0 Å². The third-order valence-corrected chi connectivity index (χ3v) is 3.33. The second kappa shape index (κ2) is 4.57. The molecule has 0 aliphatic carbocycles. The molecule has 0 aliphatic rings. The van der Waals surface area contributed by atoms with E-state index in [1.54, 1.807) is 6.07 Å². The minimum atomic E-state index is -0.121. The molecule has 0 aliphatic heterocycles. The van der Waals surface area contributed by atoms with E-state index in [0.717, 1.165) is 11.1 Å². The SMILES string of the molecule is CC(C)C(C)c1ccc(C(C)(C)C)c(F)c1. The fourth-order valence-electron chi connectivity index (χ4n) is 1.81. The number of rotatable bonds is 2. The lowest BCUT2D eigenvalue weighted by molar-refractivity contribution is 0.508. The Labute approximate surface area is 98.9 Å². The maximum Gasteiger partial charge on any atom is 0.127 e. The van der Waals surface area contributed by atoms with Crippen LogP contribution >= 0.6 is 0 Å². The van der Waals surface area contributed by atoms with Crippen molar-refractivity contribution in [3.63, 3.8) is 0 Å². The molecule has 90 valence electrons. The van der Waals surface area contributed by atoms with E-state index in [1.807, 2.05) is 26.8 Å². The molecule has 1 heteroatoms. The highest BCUT2D eigenvalue weighted by atomic mass is 19.1. The maximum absolute atomic E-state index is 14.0. The Balaban J connectivity index is 3.09. The van der Waals surface area contributed by atoms with Crippen LogP contribution in [0.2, 0.25) is 0 Å². The third kappa shape index (κ3) is 2.84. The van der Waals surface area contributed by atoms with Crippen LogP contribution in [0.5, 0.6) is 0 Å². The minimum Gasteiger partial charge on any atom is -0.207 e. The Morgan fingerprint density at radius 3 is 2.00 bits per heavy atom.